The molecule has 136 valence electrons. The largest absolute Gasteiger partial charge is 0.392 e. The molecule has 0 radical (unpaired) electrons. The van der Waals surface area contributed by atoms with Crippen LogP contribution in [0.1, 0.15) is 59.3 Å². The Morgan fingerprint density at radius 3 is 2.64 bits per heavy atom. The smallest absolute Gasteiger partial charge is 0.155 e. The molecule has 0 bridgehead atoms. The van der Waals surface area contributed by atoms with Gasteiger partial charge in [0, 0.05) is 24.7 Å². The maximum Gasteiger partial charge on any atom is 0.155 e. The zero-order chi connectivity index (χ0) is 18.1. The normalized spacial score (nSPS) is 49.1. The van der Waals surface area contributed by atoms with E-state index in [-0.39, 0.29) is 51.9 Å². The quantitative estimate of drug-likeness (QED) is 0.794. The fraction of sp³-hybridized carbons (Fsp3) is 0.762. The van der Waals surface area contributed by atoms with Crippen LogP contribution in [0.25, 0.3) is 0 Å². The highest BCUT2D eigenvalue weighted by molar-refractivity contribution is 5.93. The maximum atomic E-state index is 13.3. The molecule has 4 nitrogen and oxygen atoms in total. The van der Waals surface area contributed by atoms with Gasteiger partial charge in [-0.05, 0) is 61.3 Å². The molecule has 0 amide bonds. The molecule has 3 fully saturated rings. The summed E-state index contributed by atoms with van der Waals surface area (Å²) in [7, 11) is 0. The van der Waals surface area contributed by atoms with E-state index in [0.29, 0.717) is 25.7 Å². The number of Topliss-reactive ketones (excluding diaryl/α,β-unsaturated/α-hetero) is 2. The van der Waals surface area contributed by atoms with Crippen molar-refractivity contribution in [2.45, 2.75) is 65.4 Å². The molecule has 0 saturated heterocycles. The summed E-state index contributed by atoms with van der Waals surface area (Å²) in [5.74, 6) is 0.353. The van der Waals surface area contributed by atoms with Gasteiger partial charge in [-0.15, -0.1) is 0 Å². The van der Waals surface area contributed by atoms with Gasteiger partial charge in [0.1, 0.15) is 11.6 Å². The van der Waals surface area contributed by atoms with E-state index in [0.717, 1.165) is 18.4 Å². The summed E-state index contributed by atoms with van der Waals surface area (Å²) in [6.07, 6.45) is 4.98. The van der Waals surface area contributed by atoms with Crippen molar-refractivity contribution in [3.63, 3.8) is 0 Å². The molecule has 0 heterocycles. The molecule has 7 atom stereocenters. The Morgan fingerprint density at radius 2 is 1.96 bits per heavy atom. The van der Waals surface area contributed by atoms with Crippen molar-refractivity contribution in [1.29, 1.82) is 0 Å². The summed E-state index contributed by atoms with van der Waals surface area (Å²) in [5.41, 5.74) is 0.355. The molecule has 0 aromatic rings. The van der Waals surface area contributed by atoms with E-state index in [9.17, 15) is 19.5 Å². The van der Waals surface area contributed by atoms with Crippen LogP contribution in [0.5, 0.6) is 0 Å². The molecular formula is C21H28O4. The standard InChI is InChI=1S/C21H28O4/c1-11(22)14-4-5-15-18-16(24)9-12-8-13(23)6-7-20(12,2)19(18)17(25)10-21(14,15)3/h8,14-16,18-19,24H,4-7,9-10H2,1-3H3/t14-,15+,16?,18-,19+,20+,21-/m1/s1. The van der Waals surface area contributed by atoms with Gasteiger partial charge in [-0.3, -0.25) is 14.4 Å². The van der Waals surface area contributed by atoms with Gasteiger partial charge in [0.05, 0.1) is 6.10 Å². The first-order chi connectivity index (χ1) is 11.7. The van der Waals surface area contributed by atoms with Gasteiger partial charge in [-0.2, -0.15) is 0 Å². The molecule has 0 aliphatic heterocycles. The first kappa shape index (κ1) is 17.1. The van der Waals surface area contributed by atoms with Crippen LogP contribution in [0.15, 0.2) is 11.6 Å². The molecule has 1 unspecified atom stereocenters. The monoisotopic (exact) mass is 344 g/mol. The number of carbonyl (C=O) groups is 3. The van der Waals surface area contributed by atoms with Crippen LogP contribution in [-0.2, 0) is 14.4 Å². The average molecular weight is 344 g/mol. The van der Waals surface area contributed by atoms with Crippen molar-refractivity contribution in [2.75, 3.05) is 0 Å². The van der Waals surface area contributed by atoms with Gasteiger partial charge in [0.2, 0.25) is 0 Å². The number of aliphatic hydroxyl groups is 1. The third-order valence-corrected chi connectivity index (χ3v) is 8.17. The Morgan fingerprint density at radius 1 is 1.24 bits per heavy atom. The Bertz CT molecular complexity index is 692. The van der Waals surface area contributed by atoms with Gasteiger partial charge in [-0.1, -0.05) is 19.4 Å². The first-order valence-electron chi connectivity index (χ1n) is 9.63. The van der Waals surface area contributed by atoms with Crippen molar-refractivity contribution >= 4 is 17.3 Å². The minimum atomic E-state index is -0.588. The lowest BCUT2D eigenvalue weighted by molar-refractivity contribution is -0.157. The third-order valence-electron chi connectivity index (χ3n) is 8.17. The van der Waals surface area contributed by atoms with Crippen LogP contribution >= 0.6 is 0 Å². The number of rotatable bonds is 1. The lowest BCUT2D eigenvalue weighted by Crippen LogP contribution is -2.59. The molecule has 4 heteroatoms. The maximum absolute atomic E-state index is 13.3. The second-order valence-electron chi connectivity index (χ2n) is 9.38. The van der Waals surface area contributed by atoms with Crippen molar-refractivity contribution in [1.82, 2.24) is 0 Å². The van der Waals surface area contributed by atoms with Gasteiger partial charge >= 0.3 is 0 Å². The van der Waals surface area contributed by atoms with Crippen LogP contribution in [0.3, 0.4) is 0 Å². The minimum absolute atomic E-state index is 0.0627. The highest BCUT2D eigenvalue weighted by Crippen LogP contribution is 2.65. The number of fused-ring (bicyclic) bond motifs is 5. The molecule has 1 N–H and O–H groups in total. The first-order valence-corrected chi connectivity index (χ1v) is 9.63. The minimum Gasteiger partial charge on any atom is -0.392 e. The number of hydrogen-bond donors (Lipinski definition) is 1. The molecule has 4 rings (SSSR count). The Hall–Kier alpha value is -1.29. The Balaban J connectivity index is 1.79. The molecule has 0 aromatic carbocycles. The van der Waals surface area contributed by atoms with E-state index in [2.05, 4.69) is 13.8 Å². The molecule has 25 heavy (non-hydrogen) atoms. The lowest BCUT2D eigenvalue weighted by Gasteiger charge is -2.58. The lowest BCUT2D eigenvalue weighted by atomic mass is 9.45. The summed E-state index contributed by atoms with van der Waals surface area (Å²) < 4.78 is 0. The van der Waals surface area contributed by atoms with Crippen molar-refractivity contribution in [3.05, 3.63) is 11.6 Å². The van der Waals surface area contributed by atoms with Crippen molar-refractivity contribution in [3.8, 4) is 0 Å². The second-order valence-corrected chi connectivity index (χ2v) is 9.38. The van der Waals surface area contributed by atoms with Gasteiger partial charge < -0.3 is 5.11 Å². The SMILES string of the molecule is CC(=O)[C@H]1CC[C@H]2[C@@H]3C(O)CC4=CC(=O)CC[C@]4(C)[C@H]3C(=O)C[C@]12C. The molecule has 4 aliphatic rings. The van der Waals surface area contributed by atoms with Crippen LogP contribution in [0.4, 0.5) is 0 Å². The summed E-state index contributed by atoms with van der Waals surface area (Å²) in [4.78, 5) is 37.3. The highest BCUT2D eigenvalue weighted by atomic mass is 16.3. The van der Waals surface area contributed by atoms with E-state index >= 15 is 0 Å². The summed E-state index contributed by atoms with van der Waals surface area (Å²) in [5, 5.41) is 11.0. The summed E-state index contributed by atoms with van der Waals surface area (Å²) >= 11 is 0. The summed E-state index contributed by atoms with van der Waals surface area (Å²) in [6, 6.07) is 0. The predicted octanol–water partition coefficient (Wildman–Crippen LogP) is 2.87. The van der Waals surface area contributed by atoms with Crippen LogP contribution in [0, 0.1) is 34.5 Å². The fourth-order valence-electron chi connectivity index (χ4n) is 7.00. The highest BCUT2D eigenvalue weighted by Gasteiger charge is 2.64. The van der Waals surface area contributed by atoms with Gasteiger partial charge in [0.25, 0.3) is 0 Å². The van der Waals surface area contributed by atoms with E-state index in [1.165, 1.54) is 0 Å². The Kier molecular flexibility index (Phi) is 3.67. The number of hydrogen-bond acceptors (Lipinski definition) is 4. The van der Waals surface area contributed by atoms with E-state index in [1.807, 2.05) is 0 Å². The van der Waals surface area contributed by atoms with E-state index in [1.54, 1.807) is 13.0 Å². The van der Waals surface area contributed by atoms with Crippen LogP contribution in [0.2, 0.25) is 0 Å². The molecule has 0 aromatic heterocycles. The van der Waals surface area contributed by atoms with Crippen molar-refractivity contribution < 1.29 is 19.5 Å². The van der Waals surface area contributed by atoms with E-state index < -0.39 is 6.10 Å². The molecule has 3 saturated carbocycles. The zero-order valence-corrected chi connectivity index (χ0v) is 15.4. The third kappa shape index (κ3) is 2.19. The Labute approximate surface area is 149 Å². The fourth-order valence-corrected chi connectivity index (χ4v) is 7.00. The topological polar surface area (TPSA) is 71.4 Å². The number of carbonyl (C=O) groups excluding carboxylic acids is 3. The molecular weight excluding hydrogens is 316 g/mol. The summed E-state index contributed by atoms with van der Waals surface area (Å²) in [6.45, 7) is 5.85. The number of ketones is 3. The molecule has 0 spiro atoms. The van der Waals surface area contributed by atoms with Crippen molar-refractivity contribution in [2.24, 2.45) is 34.5 Å². The second kappa shape index (κ2) is 5.35. The van der Waals surface area contributed by atoms with E-state index in [4.69, 9.17) is 0 Å². The predicted molar refractivity (Wildman–Crippen MR) is 92.7 cm³/mol. The van der Waals surface area contributed by atoms with Crippen LogP contribution in [-0.4, -0.2) is 28.6 Å². The van der Waals surface area contributed by atoms with Gasteiger partial charge in [-0.25, -0.2) is 0 Å². The number of aliphatic hydroxyl groups excluding tert-OH is 1. The zero-order valence-electron chi connectivity index (χ0n) is 15.4. The van der Waals surface area contributed by atoms with Gasteiger partial charge in [0.15, 0.2) is 5.78 Å². The molecule has 4 aliphatic carbocycles. The average Bonchev–Trinajstić information content (AvgIpc) is 2.85. The van der Waals surface area contributed by atoms with Crippen LogP contribution < -0.4 is 0 Å².